The van der Waals surface area contributed by atoms with Crippen molar-refractivity contribution in [2.24, 2.45) is 0 Å². The maximum atomic E-state index is 11.1. The molecule has 19 heavy (non-hydrogen) atoms. The molecule has 0 aliphatic rings. The molecule has 2 N–H and O–H groups in total. The molecule has 2 aromatic rings. The molecule has 0 amide bonds. The number of nitro groups is 1. The third-order valence-electron chi connectivity index (χ3n) is 2.40. The summed E-state index contributed by atoms with van der Waals surface area (Å²) >= 11 is 0. The number of hydrogen-bond acceptors (Lipinski definition) is 6. The minimum Gasteiger partial charge on any atom is -0.478 e. The average Bonchev–Trinajstić information content (AvgIpc) is 2.89. The Labute approximate surface area is 106 Å². The zero-order valence-corrected chi connectivity index (χ0v) is 9.57. The van der Waals surface area contributed by atoms with Crippen molar-refractivity contribution in [1.82, 2.24) is 5.16 Å². The Bertz CT molecular complexity index is 609. The van der Waals surface area contributed by atoms with E-state index in [4.69, 9.17) is 5.11 Å². The van der Waals surface area contributed by atoms with Gasteiger partial charge in [0, 0.05) is 23.9 Å². The Morgan fingerprint density at radius 1 is 1.47 bits per heavy atom. The lowest BCUT2D eigenvalue weighted by Gasteiger charge is -2.07. The van der Waals surface area contributed by atoms with Gasteiger partial charge in [-0.25, -0.2) is 4.79 Å². The molecule has 0 fully saturated rings. The number of aromatic nitrogens is 1. The smallest absolute Gasteiger partial charge is 0.338 e. The van der Waals surface area contributed by atoms with Crippen molar-refractivity contribution in [1.29, 1.82) is 0 Å². The van der Waals surface area contributed by atoms with Crippen molar-refractivity contribution in [2.75, 3.05) is 5.32 Å². The number of aromatic carboxylic acids is 1. The molecule has 0 atom stereocenters. The number of anilines is 1. The summed E-state index contributed by atoms with van der Waals surface area (Å²) in [5.74, 6) is -1.24. The molecule has 0 aliphatic carbocycles. The van der Waals surface area contributed by atoms with Gasteiger partial charge in [-0.05, 0) is 6.07 Å². The summed E-state index contributed by atoms with van der Waals surface area (Å²) in [5.41, 5.74) is 0.429. The molecule has 1 aromatic heterocycles. The molecule has 0 saturated carbocycles. The zero-order valence-electron chi connectivity index (χ0n) is 9.57. The van der Waals surface area contributed by atoms with E-state index in [2.05, 4.69) is 15.0 Å². The first kappa shape index (κ1) is 12.6. The van der Waals surface area contributed by atoms with E-state index in [1.807, 2.05) is 0 Å². The van der Waals surface area contributed by atoms with E-state index in [0.29, 0.717) is 5.69 Å². The Hall–Kier alpha value is -2.90. The van der Waals surface area contributed by atoms with Crippen LogP contribution in [0.1, 0.15) is 16.1 Å². The van der Waals surface area contributed by atoms with Crippen LogP contribution in [0.25, 0.3) is 0 Å². The normalized spacial score (nSPS) is 10.1. The van der Waals surface area contributed by atoms with Crippen LogP contribution in [0.3, 0.4) is 0 Å². The third-order valence-corrected chi connectivity index (χ3v) is 2.40. The largest absolute Gasteiger partial charge is 0.478 e. The van der Waals surface area contributed by atoms with E-state index < -0.39 is 10.9 Å². The molecule has 0 saturated heterocycles. The summed E-state index contributed by atoms with van der Waals surface area (Å²) in [6.07, 6.45) is 1.39. The molecule has 98 valence electrons. The number of carbonyl (C=O) groups is 1. The van der Waals surface area contributed by atoms with Gasteiger partial charge in [0.25, 0.3) is 5.69 Å². The number of rotatable bonds is 5. The highest BCUT2D eigenvalue weighted by Crippen LogP contribution is 2.22. The van der Waals surface area contributed by atoms with Gasteiger partial charge in [-0.2, -0.15) is 0 Å². The van der Waals surface area contributed by atoms with Gasteiger partial charge in [0.2, 0.25) is 0 Å². The first-order chi connectivity index (χ1) is 9.08. The topological polar surface area (TPSA) is 118 Å². The van der Waals surface area contributed by atoms with Crippen LogP contribution in [0.15, 0.2) is 35.1 Å². The summed E-state index contributed by atoms with van der Waals surface area (Å²) in [6.45, 7) is 0.259. The number of nitrogens with one attached hydrogen (secondary N) is 1. The molecule has 1 heterocycles. The minimum atomic E-state index is -1.24. The summed E-state index contributed by atoms with van der Waals surface area (Å²) in [7, 11) is 0. The van der Waals surface area contributed by atoms with Crippen molar-refractivity contribution < 1.29 is 19.3 Å². The molecular weight excluding hydrogens is 254 g/mol. The van der Waals surface area contributed by atoms with E-state index in [1.54, 1.807) is 6.07 Å². The highest BCUT2D eigenvalue weighted by Gasteiger charge is 2.15. The lowest BCUT2D eigenvalue weighted by molar-refractivity contribution is -0.384. The lowest BCUT2D eigenvalue weighted by atomic mass is 10.1. The fourth-order valence-electron chi connectivity index (χ4n) is 1.49. The van der Waals surface area contributed by atoms with Gasteiger partial charge in [0.15, 0.2) is 0 Å². The van der Waals surface area contributed by atoms with Crippen LogP contribution in [-0.2, 0) is 6.54 Å². The number of carboxylic acid groups (broad SMARTS) is 1. The molecule has 1 aromatic carbocycles. The third kappa shape index (κ3) is 2.86. The first-order valence-electron chi connectivity index (χ1n) is 5.23. The fourth-order valence-corrected chi connectivity index (χ4v) is 1.49. The van der Waals surface area contributed by atoms with E-state index in [1.165, 1.54) is 18.4 Å². The molecule has 0 aliphatic heterocycles. The van der Waals surface area contributed by atoms with Gasteiger partial charge < -0.3 is 14.9 Å². The zero-order chi connectivity index (χ0) is 13.8. The summed E-state index contributed by atoms with van der Waals surface area (Å²) in [6, 6.07) is 5.21. The molecule has 0 spiro atoms. The number of nitro benzene ring substituents is 1. The Balaban J connectivity index is 2.24. The molecule has 8 nitrogen and oxygen atoms in total. The standard InChI is InChI=1S/C11H9N3O5/c15-11(16)9-5-8(14(17)18)1-2-10(9)12-6-7-3-4-19-13-7/h1-5,12H,6H2,(H,15,16). The second-order valence-electron chi connectivity index (χ2n) is 3.64. The van der Waals surface area contributed by atoms with Gasteiger partial charge in [-0.15, -0.1) is 0 Å². The van der Waals surface area contributed by atoms with Crippen LogP contribution in [0.4, 0.5) is 11.4 Å². The Morgan fingerprint density at radius 3 is 2.84 bits per heavy atom. The monoisotopic (exact) mass is 263 g/mol. The van der Waals surface area contributed by atoms with Crippen LogP contribution in [0.2, 0.25) is 0 Å². The minimum absolute atomic E-state index is 0.169. The second-order valence-corrected chi connectivity index (χ2v) is 3.64. The maximum absolute atomic E-state index is 11.1. The highest BCUT2D eigenvalue weighted by atomic mass is 16.6. The van der Waals surface area contributed by atoms with Crippen molar-refractivity contribution >= 4 is 17.3 Å². The van der Waals surface area contributed by atoms with Gasteiger partial charge in [0.05, 0.1) is 17.0 Å². The predicted molar refractivity (Wildman–Crippen MR) is 63.9 cm³/mol. The van der Waals surface area contributed by atoms with Gasteiger partial charge in [-0.1, -0.05) is 5.16 Å². The van der Waals surface area contributed by atoms with Crippen molar-refractivity contribution in [3.8, 4) is 0 Å². The number of carboxylic acids is 1. The number of nitrogens with zero attached hydrogens (tertiary/aromatic N) is 2. The second kappa shape index (κ2) is 5.17. The number of benzene rings is 1. The van der Waals surface area contributed by atoms with Crippen LogP contribution >= 0.6 is 0 Å². The van der Waals surface area contributed by atoms with E-state index >= 15 is 0 Å². The van der Waals surface area contributed by atoms with E-state index in [9.17, 15) is 14.9 Å². The molecule has 8 heteroatoms. The summed E-state index contributed by atoms with van der Waals surface area (Å²) in [4.78, 5) is 21.0. The Kier molecular flexibility index (Phi) is 3.42. The van der Waals surface area contributed by atoms with Crippen LogP contribution in [0.5, 0.6) is 0 Å². The molecule has 0 bridgehead atoms. The predicted octanol–water partition coefficient (Wildman–Crippen LogP) is 1.89. The highest BCUT2D eigenvalue weighted by molar-refractivity contribution is 5.95. The molecule has 0 unspecified atom stereocenters. The first-order valence-corrected chi connectivity index (χ1v) is 5.23. The average molecular weight is 263 g/mol. The lowest BCUT2D eigenvalue weighted by Crippen LogP contribution is -2.07. The summed E-state index contributed by atoms with van der Waals surface area (Å²) in [5, 5.41) is 26.1. The molecular formula is C11H9N3O5. The van der Waals surface area contributed by atoms with Crippen molar-refractivity contribution in [3.05, 3.63) is 51.9 Å². The van der Waals surface area contributed by atoms with Gasteiger partial charge in [0.1, 0.15) is 12.0 Å². The van der Waals surface area contributed by atoms with Crippen LogP contribution in [0, 0.1) is 10.1 Å². The fraction of sp³-hybridized carbons (Fsp3) is 0.0909. The number of hydrogen-bond donors (Lipinski definition) is 2. The quantitative estimate of drug-likeness (QED) is 0.624. The van der Waals surface area contributed by atoms with Gasteiger partial charge in [-0.3, -0.25) is 10.1 Å². The van der Waals surface area contributed by atoms with Crippen molar-refractivity contribution in [3.63, 3.8) is 0 Å². The van der Waals surface area contributed by atoms with Crippen LogP contribution < -0.4 is 5.32 Å². The Morgan fingerprint density at radius 2 is 2.26 bits per heavy atom. The van der Waals surface area contributed by atoms with Crippen molar-refractivity contribution in [2.45, 2.75) is 6.54 Å². The van der Waals surface area contributed by atoms with E-state index in [-0.39, 0.29) is 23.5 Å². The summed E-state index contributed by atoms with van der Waals surface area (Å²) < 4.78 is 4.64. The van der Waals surface area contributed by atoms with Crippen LogP contribution in [-0.4, -0.2) is 21.2 Å². The molecule has 2 rings (SSSR count). The van der Waals surface area contributed by atoms with Gasteiger partial charge >= 0.3 is 5.97 Å². The SMILES string of the molecule is O=C(O)c1cc([N+](=O)[O-])ccc1NCc1ccon1. The van der Waals surface area contributed by atoms with E-state index in [0.717, 1.165) is 6.07 Å². The maximum Gasteiger partial charge on any atom is 0.338 e. The molecule has 0 radical (unpaired) electrons. The number of non-ortho nitro benzene ring substituents is 1.